The van der Waals surface area contributed by atoms with Crippen molar-refractivity contribution in [1.29, 1.82) is 0 Å². The van der Waals surface area contributed by atoms with E-state index in [4.69, 9.17) is 11.6 Å². The maximum atomic E-state index is 12.8. The van der Waals surface area contributed by atoms with Gasteiger partial charge in [0.25, 0.3) is 5.91 Å². The molecule has 0 aliphatic heterocycles. The van der Waals surface area contributed by atoms with Crippen molar-refractivity contribution >= 4 is 23.4 Å². The van der Waals surface area contributed by atoms with Gasteiger partial charge in [-0.25, -0.2) is 0 Å². The fourth-order valence-corrected chi connectivity index (χ4v) is 4.08. The predicted molar refractivity (Wildman–Crippen MR) is 113 cm³/mol. The lowest BCUT2D eigenvalue weighted by molar-refractivity contribution is -0.182. The molecule has 0 aromatic heterocycles. The summed E-state index contributed by atoms with van der Waals surface area (Å²) in [4.78, 5) is 25.4. The Morgan fingerprint density at radius 1 is 0.968 bits per heavy atom. The van der Waals surface area contributed by atoms with E-state index < -0.39 is 24.0 Å². The molecule has 3 rings (SSSR count). The highest BCUT2D eigenvalue weighted by Gasteiger charge is 2.41. The molecule has 2 aromatic rings. The number of alkyl halides is 3. The van der Waals surface area contributed by atoms with Crippen molar-refractivity contribution < 1.29 is 22.8 Å². The molecule has 1 saturated carbocycles. The molecule has 0 unspecified atom stereocenters. The molecule has 0 heterocycles. The molecule has 1 fully saturated rings. The van der Waals surface area contributed by atoms with E-state index in [2.05, 4.69) is 10.6 Å². The molecule has 1 aliphatic carbocycles. The van der Waals surface area contributed by atoms with Crippen LogP contribution in [0, 0.1) is 5.92 Å². The van der Waals surface area contributed by atoms with Crippen molar-refractivity contribution in [3.05, 3.63) is 70.7 Å². The van der Waals surface area contributed by atoms with Crippen LogP contribution >= 0.6 is 11.6 Å². The summed E-state index contributed by atoms with van der Waals surface area (Å²) in [5, 5.41) is 5.99. The van der Waals surface area contributed by atoms with Crippen LogP contribution < -0.4 is 10.6 Å². The molecule has 4 nitrogen and oxygen atoms in total. The summed E-state index contributed by atoms with van der Waals surface area (Å²) in [5.41, 5.74) is 1.05. The molecule has 8 heteroatoms. The summed E-state index contributed by atoms with van der Waals surface area (Å²) in [6.45, 7) is 0. The number of benzene rings is 2. The van der Waals surface area contributed by atoms with Crippen molar-refractivity contribution in [3.63, 3.8) is 0 Å². The molecule has 1 aliphatic rings. The molecule has 0 radical (unpaired) electrons. The number of amides is 2. The van der Waals surface area contributed by atoms with Gasteiger partial charge in [0.15, 0.2) is 0 Å². The first-order chi connectivity index (χ1) is 14.7. The Morgan fingerprint density at radius 3 is 2.19 bits per heavy atom. The van der Waals surface area contributed by atoms with E-state index in [1.807, 2.05) is 6.07 Å². The maximum Gasteiger partial charge on any atom is 0.391 e. The number of rotatable bonds is 6. The molecule has 2 N–H and O–H groups in total. The molecule has 0 spiro atoms. The summed E-state index contributed by atoms with van der Waals surface area (Å²) < 4.78 is 38.5. The van der Waals surface area contributed by atoms with Crippen molar-refractivity contribution in [2.75, 3.05) is 0 Å². The van der Waals surface area contributed by atoms with Crippen LogP contribution in [0.5, 0.6) is 0 Å². The van der Waals surface area contributed by atoms with Gasteiger partial charge in [0.05, 0.1) is 29.0 Å². The first kappa shape index (κ1) is 23.1. The number of carbonyl (C=O) groups is 2. The van der Waals surface area contributed by atoms with E-state index in [1.165, 1.54) is 0 Å². The van der Waals surface area contributed by atoms with Crippen molar-refractivity contribution in [2.45, 2.75) is 50.4 Å². The summed E-state index contributed by atoms with van der Waals surface area (Å²) in [6, 6.07) is 14.8. The number of halogens is 4. The highest BCUT2D eigenvalue weighted by molar-refractivity contribution is 6.33. The Labute approximate surface area is 184 Å². The smallest absolute Gasteiger partial charge is 0.353 e. The summed E-state index contributed by atoms with van der Waals surface area (Å²) in [5.74, 6) is -2.02. The fourth-order valence-electron chi connectivity index (χ4n) is 3.86. The SMILES string of the molecule is O=C(C[C@H](NC(=O)c1ccccc1Cl)c1ccccc1)NC1CCC(C(F)(F)F)CC1. The third-order valence-electron chi connectivity index (χ3n) is 5.57. The first-order valence-corrected chi connectivity index (χ1v) is 10.6. The lowest BCUT2D eigenvalue weighted by Crippen LogP contribution is -2.41. The van der Waals surface area contributed by atoms with E-state index in [0.29, 0.717) is 10.6 Å². The van der Waals surface area contributed by atoms with E-state index in [-0.39, 0.29) is 44.1 Å². The third-order valence-corrected chi connectivity index (χ3v) is 5.90. The number of carbonyl (C=O) groups excluding carboxylic acids is 2. The Bertz CT molecular complexity index is 897. The van der Waals surface area contributed by atoms with Gasteiger partial charge in [0.1, 0.15) is 0 Å². The van der Waals surface area contributed by atoms with Crippen LogP contribution in [0.3, 0.4) is 0 Å². The van der Waals surface area contributed by atoms with Gasteiger partial charge in [0, 0.05) is 6.04 Å². The van der Waals surface area contributed by atoms with Crippen molar-refractivity contribution in [1.82, 2.24) is 10.6 Å². The van der Waals surface area contributed by atoms with Crippen LogP contribution in [-0.4, -0.2) is 24.0 Å². The minimum absolute atomic E-state index is 0.0137. The van der Waals surface area contributed by atoms with Gasteiger partial charge in [-0.05, 0) is 43.4 Å². The van der Waals surface area contributed by atoms with Gasteiger partial charge in [-0.2, -0.15) is 13.2 Å². The minimum atomic E-state index is -4.18. The monoisotopic (exact) mass is 452 g/mol. The lowest BCUT2D eigenvalue weighted by atomic mass is 9.85. The second kappa shape index (κ2) is 10.2. The molecular formula is C23H24ClF3N2O2. The van der Waals surface area contributed by atoms with Gasteiger partial charge < -0.3 is 10.6 Å². The maximum absolute atomic E-state index is 12.8. The highest BCUT2D eigenvalue weighted by atomic mass is 35.5. The molecular weight excluding hydrogens is 429 g/mol. The normalized spacial score (nSPS) is 20.0. The standard InChI is InChI=1S/C23H24ClF3N2O2/c24-19-9-5-4-8-18(19)22(31)29-20(15-6-2-1-3-7-15)14-21(30)28-17-12-10-16(11-13-17)23(25,26)27/h1-9,16-17,20H,10-14H2,(H,28,30)(H,29,31)/t16?,17?,20-/m0/s1. The topological polar surface area (TPSA) is 58.2 Å². The van der Waals surface area contributed by atoms with Crippen LogP contribution in [0.15, 0.2) is 54.6 Å². The zero-order valence-electron chi connectivity index (χ0n) is 16.8. The molecule has 31 heavy (non-hydrogen) atoms. The van der Waals surface area contributed by atoms with E-state index >= 15 is 0 Å². The van der Waals surface area contributed by atoms with Crippen LogP contribution in [-0.2, 0) is 4.79 Å². The molecule has 0 saturated heterocycles. The quantitative estimate of drug-likeness (QED) is 0.613. The Morgan fingerprint density at radius 2 is 1.58 bits per heavy atom. The third kappa shape index (κ3) is 6.47. The van der Waals surface area contributed by atoms with E-state index in [0.717, 1.165) is 5.56 Å². The van der Waals surface area contributed by atoms with E-state index in [9.17, 15) is 22.8 Å². The van der Waals surface area contributed by atoms with Gasteiger partial charge >= 0.3 is 6.18 Å². The average Bonchev–Trinajstić information content (AvgIpc) is 2.74. The zero-order valence-corrected chi connectivity index (χ0v) is 17.5. The van der Waals surface area contributed by atoms with Crippen molar-refractivity contribution in [3.8, 4) is 0 Å². The largest absolute Gasteiger partial charge is 0.391 e. The van der Waals surface area contributed by atoms with Gasteiger partial charge in [-0.15, -0.1) is 0 Å². The van der Waals surface area contributed by atoms with Gasteiger partial charge in [-0.3, -0.25) is 9.59 Å². The highest BCUT2D eigenvalue weighted by Crippen LogP contribution is 2.37. The summed E-state index contributed by atoms with van der Waals surface area (Å²) >= 11 is 6.11. The summed E-state index contributed by atoms with van der Waals surface area (Å²) in [6.07, 6.45) is -3.61. The zero-order chi connectivity index (χ0) is 22.4. The van der Waals surface area contributed by atoms with Crippen LogP contribution in [0.1, 0.15) is 54.1 Å². The van der Waals surface area contributed by atoms with Crippen LogP contribution in [0.4, 0.5) is 13.2 Å². The second-order valence-corrected chi connectivity index (χ2v) is 8.19. The minimum Gasteiger partial charge on any atom is -0.353 e. The van der Waals surface area contributed by atoms with Gasteiger partial charge in [0.2, 0.25) is 5.91 Å². The Kier molecular flexibility index (Phi) is 7.59. The van der Waals surface area contributed by atoms with Crippen LogP contribution in [0.25, 0.3) is 0 Å². The number of hydrogen-bond acceptors (Lipinski definition) is 2. The van der Waals surface area contributed by atoms with Gasteiger partial charge in [-0.1, -0.05) is 54.1 Å². The Hall–Kier alpha value is -2.54. The first-order valence-electron chi connectivity index (χ1n) is 10.2. The number of nitrogens with one attached hydrogen (secondary N) is 2. The fraction of sp³-hybridized carbons (Fsp3) is 0.391. The number of hydrogen-bond donors (Lipinski definition) is 2. The Balaban J connectivity index is 1.63. The molecule has 2 amide bonds. The van der Waals surface area contributed by atoms with E-state index in [1.54, 1.807) is 48.5 Å². The summed E-state index contributed by atoms with van der Waals surface area (Å²) in [7, 11) is 0. The predicted octanol–water partition coefficient (Wildman–Crippen LogP) is 5.44. The van der Waals surface area contributed by atoms with Crippen LogP contribution in [0.2, 0.25) is 5.02 Å². The second-order valence-electron chi connectivity index (χ2n) is 7.78. The lowest BCUT2D eigenvalue weighted by Gasteiger charge is -2.30. The molecule has 1 atom stereocenters. The molecule has 166 valence electrons. The van der Waals surface area contributed by atoms with Crippen molar-refractivity contribution in [2.24, 2.45) is 5.92 Å². The molecule has 0 bridgehead atoms. The average molecular weight is 453 g/mol. The molecule has 2 aromatic carbocycles.